The molecule has 3 aliphatic rings. The van der Waals surface area contributed by atoms with Crippen molar-refractivity contribution in [3.05, 3.63) is 89.7 Å². The lowest BCUT2D eigenvalue weighted by molar-refractivity contribution is -0.142. The molecule has 5 heterocycles. The van der Waals surface area contributed by atoms with Crippen molar-refractivity contribution in [1.82, 2.24) is 20.3 Å². The molecule has 8 bridgehead atoms. The lowest BCUT2D eigenvalue weighted by Gasteiger charge is -2.17. The third-order valence-corrected chi connectivity index (χ3v) is 9.52. The molecular formula is C35H38N4O5. The van der Waals surface area contributed by atoms with Crippen LogP contribution >= 0.6 is 0 Å². The highest BCUT2D eigenvalue weighted by molar-refractivity contribution is 5.99. The number of carbonyl (C=O) groups is 2. The molecule has 2 atom stereocenters. The second kappa shape index (κ2) is 10.7. The standard InChI is InChI=1S/C35H38N4O5/c1-8-19-15(3)22-12-24-17(5)21(10-11-28(40)41)32(38-24)30-31(35(43)44-7)34(42)29-18(6)25(39-33(29)30)14-27-20(9-2)16(4)23(37-27)13-26(19)36-22/h8,12-14,17,31,36-39,42H,1,9-11H2,2-7H3,(H,40,41)/b23-13-,24-12-,27-14-/t17-,31+/m0/s1. The minimum Gasteiger partial charge on any atom is -0.510 e. The smallest absolute Gasteiger partial charge is 0.321 e. The Morgan fingerprint density at radius 2 is 1.70 bits per heavy atom. The van der Waals surface area contributed by atoms with Gasteiger partial charge in [0.2, 0.25) is 0 Å². The molecule has 0 fully saturated rings. The monoisotopic (exact) mass is 594 g/mol. The number of hydrogen-bond acceptors (Lipinski definition) is 5. The van der Waals surface area contributed by atoms with E-state index in [9.17, 15) is 19.8 Å². The van der Waals surface area contributed by atoms with Gasteiger partial charge in [0.1, 0.15) is 11.7 Å². The summed E-state index contributed by atoms with van der Waals surface area (Å²) in [6.07, 6.45) is 9.08. The van der Waals surface area contributed by atoms with E-state index >= 15 is 0 Å². The van der Waals surface area contributed by atoms with Crippen LogP contribution < -0.4 is 26.6 Å². The van der Waals surface area contributed by atoms with E-state index in [0.29, 0.717) is 21.8 Å². The van der Waals surface area contributed by atoms with Crippen LogP contribution in [0.1, 0.15) is 71.6 Å². The fourth-order valence-corrected chi connectivity index (χ4v) is 7.06. The zero-order valence-corrected chi connectivity index (χ0v) is 25.9. The van der Waals surface area contributed by atoms with Gasteiger partial charge in [0.15, 0.2) is 0 Å². The summed E-state index contributed by atoms with van der Waals surface area (Å²) in [4.78, 5) is 35.7. The quantitative estimate of drug-likeness (QED) is 0.242. The largest absolute Gasteiger partial charge is 0.510 e. The summed E-state index contributed by atoms with van der Waals surface area (Å²) in [7, 11) is 1.30. The molecule has 9 nitrogen and oxygen atoms in total. The summed E-state index contributed by atoms with van der Waals surface area (Å²) < 4.78 is 5.18. The van der Waals surface area contributed by atoms with Crippen molar-refractivity contribution < 1.29 is 24.5 Å². The van der Waals surface area contributed by atoms with Gasteiger partial charge in [0.25, 0.3) is 0 Å². The number of allylic oxidation sites excluding steroid dienone is 2. The Balaban J connectivity index is 1.77. The molecule has 1 aliphatic carbocycles. The van der Waals surface area contributed by atoms with Gasteiger partial charge in [-0.25, -0.2) is 0 Å². The van der Waals surface area contributed by atoms with Gasteiger partial charge < -0.3 is 35.2 Å². The molecule has 228 valence electrons. The Morgan fingerprint density at radius 1 is 1.00 bits per heavy atom. The van der Waals surface area contributed by atoms with E-state index in [4.69, 9.17) is 4.74 Å². The maximum atomic E-state index is 13.3. The second-order valence-corrected chi connectivity index (χ2v) is 11.8. The van der Waals surface area contributed by atoms with Crippen molar-refractivity contribution in [2.24, 2.45) is 11.8 Å². The Morgan fingerprint density at radius 3 is 2.36 bits per heavy atom. The van der Waals surface area contributed by atoms with Crippen LogP contribution in [0, 0.1) is 32.6 Å². The number of aliphatic carboxylic acids is 1. The van der Waals surface area contributed by atoms with Crippen LogP contribution in [0.3, 0.4) is 0 Å². The summed E-state index contributed by atoms with van der Waals surface area (Å²) in [5.74, 6) is -2.82. The number of aromatic nitrogens is 3. The number of nitrogens with one attached hydrogen (secondary N) is 4. The summed E-state index contributed by atoms with van der Waals surface area (Å²) >= 11 is 0. The number of aromatic amines is 3. The number of H-pyrrole nitrogens is 3. The van der Waals surface area contributed by atoms with Crippen LogP contribution in [0.25, 0.3) is 35.6 Å². The zero-order valence-electron chi connectivity index (χ0n) is 25.9. The molecule has 6 N–H and O–H groups in total. The van der Waals surface area contributed by atoms with Gasteiger partial charge in [0.05, 0.1) is 12.5 Å². The van der Waals surface area contributed by atoms with Gasteiger partial charge in [0, 0.05) is 67.9 Å². The molecule has 3 aromatic heterocycles. The topological polar surface area (TPSA) is 143 Å². The molecule has 2 aliphatic heterocycles. The first kappa shape index (κ1) is 29.2. The summed E-state index contributed by atoms with van der Waals surface area (Å²) in [6.45, 7) is 14.3. The molecule has 3 aromatic rings. The van der Waals surface area contributed by atoms with Gasteiger partial charge in [-0.05, 0) is 79.7 Å². The molecule has 0 saturated carbocycles. The molecule has 0 amide bonds. The number of ether oxygens (including phenoxy) is 1. The molecule has 0 unspecified atom stereocenters. The number of methoxy groups -OCH3 is 1. The Labute approximate surface area is 254 Å². The van der Waals surface area contributed by atoms with E-state index in [1.807, 2.05) is 32.9 Å². The number of aliphatic hydroxyl groups is 1. The van der Waals surface area contributed by atoms with E-state index in [-0.39, 0.29) is 24.5 Å². The van der Waals surface area contributed by atoms with Gasteiger partial charge in [-0.3, -0.25) is 9.59 Å². The maximum Gasteiger partial charge on any atom is 0.321 e. The van der Waals surface area contributed by atoms with Crippen LogP contribution in [0.4, 0.5) is 0 Å². The molecule has 0 aromatic carbocycles. The van der Waals surface area contributed by atoms with Crippen LogP contribution in [-0.4, -0.2) is 44.2 Å². The Bertz CT molecular complexity index is 2100. The van der Waals surface area contributed by atoms with Gasteiger partial charge in [-0.2, -0.15) is 0 Å². The summed E-state index contributed by atoms with van der Waals surface area (Å²) in [6, 6.07) is 0. The van der Waals surface area contributed by atoms with Crippen LogP contribution in [0.5, 0.6) is 0 Å². The third-order valence-electron chi connectivity index (χ3n) is 9.52. The van der Waals surface area contributed by atoms with Crippen molar-refractivity contribution in [3.8, 4) is 0 Å². The number of carbonyl (C=O) groups excluding carboxylic acids is 1. The second-order valence-electron chi connectivity index (χ2n) is 11.8. The van der Waals surface area contributed by atoms with E-state index in [0.717, 1.165) is 67.7 Å². The average Bonchev–Trinajstić information content (AvgIpc) is 3.72. The van der Waals surface area contributed by atoms with Gasteiger partial charge in [-0.15, -0.1) is 0 Å². The molecule has 44 heavy (non-hydrogen) atoms. The normalized spacial score (nSPS) is 21.3. The lowest BCUT2D eigenvalue weighted by Crippen LogP contribution is -2.26. The highest BCUT2D eigenvalue weighted by Crippen LogP contribution is 2.41. The first-order chi connectivity index (χ1) is 21.0. The predicted octanol–water partition coefficient (Wildman–Crippen LogP) is 2.79. The molecule has 0 spiro atoms. The van der Waals surface area contributed by atoms with Gasteiger partial charge >= 0.3 is 11.9 Å². The third kappa shape index (κ3) is 4.29. The molecule has 0 radical (unpaired) electrons. The van der Waals surface area contributed by atoms with E-state index in [1.165, 1.54) is 12.7 Å². The molecular weight excluding hydrogens is 556 g/mol. The van der Waals surface area contributed by atoms with Crippen molar-refractivity contribution >= 4 is 47.6 Å². The number of fused-ring (bicyclic) bond motifs is 8. The first-order valence-corrected chi connectivity index (χ1v) is 14.9. The minimum atomic E-state index is -1.06. The number of aliphatic hydroxyl groups excluding tert-OH is 1. The highest BCUT2D eigenvalue weighted by atomic mass is 16.5. The van der Waals surface area contributed by atoms with Crippen molar-refractivity contribution in [1.29, 1.82) is 0 Å². The number of rotatable bonds is 6. The summed E-state index contributed by atoms with van der Waals surface area (Å²) in [5.41, 5.74) is 10.7. The number of carboxylic acids is 1. The number of esters is 1. The van der Waals surface area contributed by atoms with E-state index in [2.05, 4.69) is 52.8 Å². The minimum absolute atomic E-state index is 0.0744. The number of hydrogen-bond donors (Lipinski definition) is 6. The Kier molecular flexibility index (Phi) is 7.07. The van der Waals surface area contributed by atoms with Crippen molar-refractivity contribution in [2.75, 3.05) is 7.11 Å². The average molecular weight is 595 g/mol. The van der Waals surface area contributed by atoms with Crippen molar-refractivity contribution in [2.45, 2.75) is 53.9 Å². The highest BCUT2D eigenvalue weighted by Gasteiger charge is 2.41. The van der Waals surface area contributed by atoms with Crippen LogP contribution in [0.2, 0.25) is 0 Å². The molecule has 6 rings (SSSR count). The zero-order chi connectivity index (χ0) is 31.6. The van der Waals surface area contributed by atoms with Gasteiger partial charge in [-0.1, -0.05) is 26.5 Å². The number of carboxylic acid groups (broad SMARTS) is 1. The molecule has 9 heteroatoms. The Hall–Kier alpha value is -4.92. The van der Waals surface area contributed by atoms with Crippen LogP contribution in [-0.2, 0) is 20.7 Å². The van der Waals surface area contributed by atoms with Crippen molar-refractivity contribution in [3.63, 3.8) is 0 Å². The SMILES string of the molecule is C=Cc1c2[nH]c(c1C)/C=C1\NC(=C(CCC(=O)O)[C@@H]1C)C1=c3[nH]c(c(C)c3=C(O)[C@@H]1C(=O)OC)/C=c1\[nH]/c(c(C)c1CC)=C\2. The predicted molar refractivity (Wildman–Crippen MR) is 171 cm³/mol. The summed E-state index contributed by atoms with van der Waals surface area (Å²) in [5, 5.41) is 27.9. The molecule has 0 saturated heterocycles. The fourth-order valence-electron chi connectivity index (χ4n) is 7.06. The lowest BCUT2D eigenvalue weighted by atomic mass is 9.90. The van der Waals surface area contributed by atoms with E-state index < -0.39 is 17.9 Å². The fraction of sp³-hybridized carbons (Fsp3) is 0.314. The van der Waals surface area contributed by atoms with Crippen LogP contribution in [0.15, 0.2) is 23.5 Å². The maximum absolute atomic E-state index is 13.3. The van der Waals surface area contributed by atoms with E-state index in [1.54, 1.807) is 0 Å². The first-order valence-electron chi connectivity index (χ1n) is 14.9.